The average Bonchev–Trinajstić information content (AvgIpc) is 2.86. The Kier molecular flexibility index (Phi) is 6.40. The molecule has 1 aliphatic rings. The molecule has 0 saturated carbocycles. The van der Waals surface area contributed by atoms with Gasteiger partial charge in [-0.1, -0.05) is 44.2 Å². The van der Waals surface area contributed by atoms with Crippen LogP contribution in [0.5, 0.6) is 0 Å². The molecule has 142 valence electrons. The number of rotatable bonds is 6. The Hall–Kier alpha value is -2.37. The predicted octanol–water partition coefficient (Wildman–Crippen LogP) is 3.49. The molecule has 1 aliphatic heterocycles. The van der Waals surface area contributed by atoms with E-state index in [2.05, 4.69) is 10.3 Å². The summed E-state index contributed by atoms with van der Waals surface area (Å²) in [6.07, 6.45) is 0.529. The van der Waals surface area contributed by atoms with E-state index in [0.29, 0.717) is 12.8 Å². The van der Waals surface area contributed by atoms with Gasteiger partial charge in [-0.15, -0.1) is 0 Å². The topological polar surface area (TPSA) is 77.0 Å². The molecule has 0 bridgehead atoms. The molecule has 1 aromatic carbocycles. The van der Waals surface area contributed by atoms with Gasteiger partial charge in [0.2, 0.25) is 5.90 Å². The Morgan fingerprint density at radius 2 is 1.92 bits per heavy atom. The van der Waals surface area contributed by atoms with Crippen LogP contribution in [0.1, 0.15) is 46.6 Å². The summed E-state index contributed by atoms with van der Waals surface area (Å²) in [6.45, 7) is 9.46. The maximum atomic E-state index is 12.2. The van der Waals surface area contributed by atoms with Gasteiger partial charge < -0.3 is 14.8 Å². The molecule has 0 aliphatic carbocycles. The SMILES string of the molecule is CC(C)C[C@H](NC(=O)OC(C)(C)C)C1=NC(Cc2ccccc2)C(=O)O1. The zero-order valence-electron chi connectivity index (χ0n) is 16.1. The maximum Gasteiger partial charge on any atom is 0.408 e. The highest BCUT2D eigenvalue weighted by Crippen LogP contribution is 2.18. The molecule has 0 saturated heterocycles. The van der Waals surface area contributed by atoms with Crippen molar-refractivity contribution in [3.05, 3.63) is 35.9 Å². The number of amides is 1. The number of esters is 1. The third-order valence-corrected chi connectivity index (χ3v) is 3.73. The Bertz CT molecular complexity index is 662. The van der Waals surface area contributed by atoms with Crippen LogP contribution in [0.25, 0.3) is 0 Å². The largest absolute Gasteiger partial charge is 0.444 e. The fourth-order valence-corrected chi connectivity index (χ4v) is 2.67. The minimum absolute atomic E-state index is 0.260. The molecule has 2 atom stereocenters. The summed E-state index contributed by atoms with van der Waals surface area (Å²) in [5.41, 5.74) is 0.413. The number of hydrogen-bond acceptors (Lipinski definition) is 5. The number of benzene rings is 1. The molecule has 2 rings (SSSR count). The number of nitrogens with zero attached hydrogens (tertiary/aromatic N) is 1. The first-order chi connectivity index (χ1) is 12.1. The molecule has 0 fully saturated rings. The first kappa shape index (κ1) is 19.9. The van der Waals surface area contributed by atoms with Crippen LogP contribution in [0.2, 0.25) is 0 Å². The van der Waals surface area contributed by atoms with E-state index in [-0.39, 0.29) is 17.8 Å². The lowest BCUT2D eigenvalue weighted by Gasteiger charge is -2.24. The minimum Gasteiger partial charge on any atom is -0.444 e. The zero-order valence-corrected chi connectivity index (χ0v) is 16.1. The summed E-state index contributed by atoms with van der Waals surface area (Å²) < 4.78 is 10.7. The number of carbonyl (C=O) groups is 2. The number of ether oxygens (including phenoxy) is 2. The summed E-state index contributed by atoms with van der Waals surface area (Å²) in [7, 11) is 0. The van der Waals surface area contributed by atoms with Crippen LogP contribution in [0.4, 0.5) is 4.79 Å². The standard InChI is InChI=1S/C20H28N2O4/c1-13(2)11-15(22-19(24)26-20(3,4)5)17-21-16(18(23)25-17)12-14-9-7-6-8-10-14/h6-10,13,15-16H,11-12H2,1-5H3,(H,22,24)/t15-,16?/m0/s1. The third kappa shape index (κ3) is 6.17. The van der Waals surface area contributed by atoms with Crippen molar-refractivity contribution < 1.29 is 19.1 Å². The fraction of sp³-hybridized carbons (Fsp3) is 0.550. The van der Waals surface area contributed by atoms with E-state index in [1.54, 1.807) is 20.8 Å². The molecule has 1 unspecified atom stereocenters. The second-order valence-corrected chi connectivity index (χ2v) is 7.92. The predicted molar refractivity (Wildman–Crippen MR) is 100 cm³/mol. The van der Waals surface area contributed by atoms with Crippen molar-refractivity contribution in [1.82, 2.24) is 5.32 Å². The molecular formula is C20H28N2O4. The van der Waals surface area contributed by atoms with Gasteiger partial charge in [-0.2, -0.15) is 0 Å². The highest BCUT2D eigenvalue weighted by Gasteiger charge is 2.35. The molecule has 1 amide bonds. The second-order valence-electron chi connectivity index (χ2n) is 7.92. The van der Waals surface area contributed by atoms with Gasteiger partial charge in [0, 0.05) is 6.42 Å². The first-order valence-electron chi connectivity index (χ1n) is 8.97. The third-order valence-electron chi connectivity index (χ3n) is 3.73. The number of alkyl carbamates (subject to hydrolysis) is 1. The molecule has 1 aromatic rings. The number of aliphatic imine (C=N–C) groups is 1. The van der Waals surface area contributed by atoms with Crippen LogP contribution in [0.3, 0.4) is 0 Å². The average molecular weight is 360 g/mol. The highest BCUT2D eigenvalue weighted by molar-refractivity contribution is 6.00. The Morgan fingerprint density at radius 3 is 2.50 bits per heavy atom. The number of hydrogen-bond donors (Lipinski definition) is 1. The van der Waals surface area contributed by atoms with Crippen molar-refractivity contribution in [2.75, 3.05) is 0 Å². The lowest BCUT2D eigenvalue weighted by atomic mass is 10.0. The van der Waals surface area contributed by atoms with Crippen LogP contribution < -0.4 is 5.32 Å². The number of nitrogens with one attached hydrogen (secondary N) is 1. The lowest BCUT2D eigenvalue weighted by molar-refractivity contribution is -0.135. The van der Waals surface area contributed by atoms with Crippen molar-refractivity contribution in [1.29, 1.82) is 0 Å². The van der Waals surface area contributed by atoms with E-state index in [9.17, 15) is 9.59 Å². The Morgan fingerprint density at radius 1 is 1.27 bits per heavy atom. The summed E-state index contributed by atoms with van der Waals surface area (Å²) in [4.78, 5) is 28.8. The van der Waals surface area contributed by atoms with E-state index < -0.39 is 23.8 Å². The van der Waals surface area contributed by atoms with Crippen LogP contribution in [-0.2, 0) is 20.7 Å². The monoisotopic (exact) mass is 360 g/mol. The molecule has 6 heteroatoms. The molecule has 1 N–H and O–H groups in total. The maximum absolute atomic E-state index is 12.2. The molecule has 6 nitrogen and oxygen atoms in total. The lowest BCUT2D eigenvalue weighted by Crippen LogP contribution is -2.44. The van der Waals surface area contributed by atoms with E-state index in [1.807, 2.05) is 44.2 Å². The quantitative estimate of drug-likeness (QED) is 0.788. The fourth-order valence-electron chi connectivity index (χ4n) is 2.67. The van der Waals surface area contributed by atoms with Crippen LogP contribution in [0, 0.1) is 5.92 Å². The van der Waals surface area contributed by atoms with Crippen LogP contribution in [0.15, 0.2) is 35.3 Å². The van der Waals surface area contributed by atoms with Crippen molar-refractivity contribution in [3.8, 4) is 0 Å². The van der Waals surface area contributed by atoms with Crippen molar-refractivity contribution in [3.63, 3.8) is 0 Å². The van der Waals surface area contributed by atoms with Gasteiger partial charge in [0.25, 0.3) is 0 Å². The molecule has 0 aromatic heterocycles. The van der Waals surface area contributed by atoms with Crippen molar-refractivity contribution in [2.45, 2.75) is 65.1 Å². The molecule has 0 spiro atoms. The van der Waals surface area contributed by atoms with Gasteiger partial charge in [0.05, 0.1) is 0 Å². The van der Waals surface area contributed by atoms with Crippen molar-refractivity contribution >= 4 is 18.0 Å². The van der Waals surface area contributed by atoms with Crippen molar-refractivity contribution in [2.24, 2.45) is 10.9 Å². The highest BCUT2D eigenvalue weighted by atomic mass is 16.6. The van der Waals surface area contributed by atoms with E-state index >= 15 is 0 Å². The number of cyclic esters (lactones) is 1. The molecule has 1 heterocycles. The van der Waals surface area contributed by atoms with Gasteiger partial charge in [0.1, 0.15) is 11.6 Å². The van der Waals surface area contributed by atoms with E-state index in [1.165, 1.54) is 0 Å². The van der Waals surface area contributed by atoms with Gasteiger partial charge in [-0.25, -0.2) is 14.6 Å². The van der Waals surface area contributed by atoms with Gasteiger partial charge in [-0.3, -0.25) is 0 Å². The summed E-state index contributed by atoms with van der Waals surface area (Å²) >= 11 is 0. The summed E-state index contributed by atoms with van der Waals surface area (Å²) in [6, 6.07) is 8.60. The smallest absolute Gasteiger partial charge is 0.408 e. The van der Waals surface area contributed by atoms with E-state index in [4.69, 9.17) is 9.47 Å². The minimum atomic E-state index is -0.601. The summed E-state index contributed by atoms with van der Waals surface area (Å²) in [5.74, 6) is 0.156. The van der Waals surface area contributed by atoms with Gasteiger partial charge in [-0.05, 0) is 38.7 Å². The first-order valence-corrected chi connectivity index (χ1v) is 8.97. The van der Waals surface area contributed by atoms with Crippen LogP contribution in [-0.4, -0.2) is 35.6 Å². The second kappa shape index (κ2) is 8.34. The zero-order chi connectivity index (χ0) is 19.3. The molecule has 26 heavy (non-hydrogen) atoms. The Labute approximate surface area is 155 Å². The van der Waals surface area contributed by atoms with E-state index in [0.717, 1.165) is 5.56 Å². The van der Waals surface area contributed by atoms with Gasteiger partial charge >= 0.3 is 12.1 Å². The molecular weight excluding hydrogens is 332 g/mol. The molecule has 0 radical (unpaired) electrons. The van der Waals surface area contributed by atoms with Gasteiger partial charge in [0.15, 0.2) is 6.04 Å². The van der Waals surface area contributed by atoms with Crippen LogP contribution >= 0.6 is 0 Å². The summed E-state index contributed by atoms with van der Waals surface area (Å²) in [5, 5.41) is 2.78. The normalized spacial score (nSPS) is 18.3. The Balaban J connectivity index is 2.10. The number of carbonyl (C=O) groups excluding carboxylic acids is 2.